The molecule has 3 heterocycles. The standard InChI is InChI=1S/C11H14N6O/c1-18-10-4-5-12-11(16-10)15-8-2-3-9-13-7-14-17(9)6-8/h4-5,7-8H,2-3,6H2,1H3,(H,12,15,16)/t8-/m0/s1. The van der Waals surface area contributed by atoms with Gasteiger partial charge in [-0.3, -0.25) is 0 Å². The number of nitrogens with zero attached hydrogens (tertiary/aromatic N) is 5. The van der Waals surface area contributed by atoms with Crippen LogP contribution in [0.2, 0.25) is 0 Å². The van der Waals surface area contributed by atoms with E-state index in [4.69, 9.17) is 4.74 Å². The molecule has 0 fully saturated rings. The van der Waals surface area contributed by atoms with E-state index in [9.17, 15) is 0 Å². The summed E-state index contributed by atoms with van der Waals surface area (Å²) in [6.45, 7) is 0.788. The lowest BCUT2D eigenvalue weighted by Gasteiger charge is -2.23. The van der Waals surface area contributed by atoms with E-state index in [0.717, 1.165) is 25.2 Å². The number of ether oxygens (including phenoxy) is 1. The fraction of sp³-hybridized carbons (Fsp3) is 0.455. The fourth-order valence-electron chi connectivity index (χ4n) is 2.06. The predicted octanol–water partition coefficient (Wildman–Crippen LogP) is 0.504. The third-order valence-electron chi connectivity index (χ3n) is 2.98. The Hall–Kier alpha value is -2.18. The van der Waals surface area contributed by atoms with Crippen molar-refractivity contribution in [2.75, 3.05) is 12.4 Å². The van der Waals surface area contributed by atoms with Gasteiger partial charge in [0.15, 0.2) is 0 Å². The van der Waals surface area contributed by atoms with E-state index in [1.807, 2.05) is 4.68 Å². The maximum atomic E-state index is 5.07. The number of methoxy groups -OCH3 is 1. The quantitative estimate of drug-likeness (QED) is 0.850. The molecule has 3 rings (SSSR count). The lowest BCUT2D eigenvalue weighted by atomic mass is 10.1. The number of aryl methyl sites for hydroxylation is 1. The summed E-state index contributed by atoms with van der Waals surface area (Å²) in [5, 5.41) is 7.48. The maximum absolute atomic E-state index is 5.07. The number of anilines is 1. The molecule has 0 radical (unpaired) electrons. The molecule has 2 aromatic heterocycles. The lowest BCUT2D eigenvalue weighted by molar-refractivity contribution is 0.396. The molecule has 0 bridgehead atoms. The van der Waals surface area contributed by atoms with Crippen LogP contribution in [0.1, 0.15) is 12.2 Å². The molecule has 18 heavy (non-hydrogen) atoms. The molecule has 0 spiro atoms. The van der Waals surface area contributed by atoms with Gasteiger partial charge in [-0.2, -0.15) is 10.1 Å². The largest absolute Gasteiger partial charge is 0.481 e. The summed E-state index contributed by atoms with van der Waals surface area (Å²) in [5.74, 6) is 2.19. The van der Waals surface area contributed by atoms with Gasteiger partial charge in [-0.1, -0.05) is 0 Å². The summed E-state index contributed by atoms with van der Waals surface area (Å²) in [6, 6.07) is 1.99. The average Bonchev–Trinajstić information content (AvgIpc) is 2.86. The Bertz CT molecular complexity index is 540. The smallest absolute Gasteiger partial charge is 0.226 e. The first-order valence-corrected chi connectivity index (χ1v) is 5.85. The van der Waals surface area contributed by atoms with E-state index in [1.54, 1.807) is 25.7 Å². The Balaban J connectivity index is 1.70. The van der Waals surface area contributed by atoms with Crippen molar-refractivity contribution in [2.24, 2.45) is 0 Å². The molecule has 1 aliphatic rings. The van der Waals surface area contributed by atoms with Crippen LogP contribution in [0, 0.1) is 0 Å². The summed E-state index contributed by atoms with van der Waals surface area (Å²) in [6.07, 6.45) is 5.19. The van der Waals surface area contributed by atoms with E-state index >= 15 is 0 Å². The molecule has 1 N–H and O–H groups in total. The minimum Gasteiger partial charge on any atom is -0.481 e. The van der Waals surface area contributed by atoms with E-state index in [-0.39, 0.29) is 6.04 Å². The highest BCUT2D eigenvalue weighted by Gasteiger charge is 2.20. The van der Waals surface area contributed by atoms with Gasteiger partial charge in [0.05, 0.1) is 13.7 Å². The van der Waals surface area contributed by atoms with Crippen molar-refractivity contribution in [3.8, 4) is 5.88 Å². The SMILES string of the molecule is COc1ccnc(N[C@H]2CCc3ncnn3C2)n1. The van der Waals surface area contributed by atoms with E-state index in [2.05, 4.69) is 25.4 Å². The molecule has 0 saturated carbocycles. The van der Waals surface area contributed by atoms with E-state index < -0.39 is 0 Å². The zero-order valence-electron chi connectivity index (χ0n) is 10.1. The Morgan fingerprint density at radius 1 is 1.44 bits per heavy atom. The highest BCUT2D eigenvalue weighted by Crippen LogP contribution is 2.15. The summed E-state index contributed by atoms with van der Waals surface area (Å²) in [5.41, 5.74) is 0. The number of aromatic nitrogens is 5. The first kappa shape index (κ1) is 10.9. The van der Waals surface area contributed by atoms with Crippen molar-refractivity contribution < 1.29 is 4.74 Å². The van der Waals surface area contributed by atoms with Crippen LogP contribution in [0.15, 0.2) is 18.6 Å². The van der Waals surface area contributed by atoms with Crippen LogP contribution >= 0.6 is 0 Å². The molecule has 7 nitrogen and oxygen atoms in total. The molecule has 0 amide bonds. The third kappa shape index (κ3) is 2.11. The number of fused-ring (bicyclic) bond motifs is 1. The molecular formula is C11H14N6O. The zero-order valence-corrected chi connectivity index (χ0v) is 10.1. The minimum absolute atomic E-state index is 0.270. The van der Waals surface area contributed by atoms with Gasteiger partial charge in [-0.05, 0) is 6.42 Å². The van der Waals surface area contributed by atoms with Crippen molar-refractivity contribution in [1.82, 2.24) is 24.7 Å². The van der Waals surface area contributed by atoms with Crippen LogP contribution in [0.4, 0.5) is 5.95 Å². The van der Waals surface area contributed by atoms with Crippen molar-refractivity contribution in [3.63, 3.8) is 0 Å². The van der Waals surface area contributed by atoms with Crippen LogP contribution in [-0.2, 0) is 13.0 Å². The van der Waals surface area contributed by atoms with Gasteiger partial charge in [0.2, 0.25) is 11.8 Å². The minimum atomic E-state index is 0.270. The normalized spacial score (nSPS) is 18.2. The average molecular weight is 246 g/mol. The van der Waals surface area contributed by atoms with Crippen LogP contribution in [0.3, 0.4) is 0 Å². The first-order valence-electron chi connectivity index (χ1n) is 5.85. The Labute approximate surface area is 104 Å². The Morgan fingerprint density at radius 2 is 2.39 bits per heavy atom. The highest BCUT2D eigenvalue weighted by molar-refractivity contribution is 5.29. The summed E-state index contributed by atoms with van der Waals surface area (Å²) in [7, 11) is 1.59. The molecule has 7 heteroatoms. The van der Waals surface area contributed by atoms with Crippen molar-refractivity contribution in [2.45, 2.75) is 25.4 Å². The lowest BCUT2D eigenvalue weighted by Crippen LogP contribution is -2.32. The number of rotatable bonds is 3. The molecule has 94 valence electrons. The fourth-order valence-corrected chi connectivity index (χ4v) is 2.06. The highest BCUT2D eigenvalue weighted by atomic mass is 16.5. The molecule has 0 aliphatic carbocycles. The summed E-state index contributed by atoms with van der Waals surface area (Å²) < 4.78 is 6.99. The second-order valence-corrected chi connectivity index (χ2v) is 4.16. The predicted molar refractivity (Wildman–Crippen MR) is 64.3 cm³/mol. The van der Waals surface area contributed by atoms with Gasteiger partial charge in [0, 0.05) is 24.7 Å². The van der Waals surface area contributed by atoms with E-state index in [1.165, 1.54) is 0 Å². The molecular weight excluding hydrogens is 232 g/mol. The molecule has 2 aromatic rings. The van der Waals surface area contributed by atoms with Gasteiger partial charge in [0.1, 0.15) is 12.2 Å². The summed E-state index contributed by atoms with van der Waals surface area (Å²) in [4.78, 5) is 12.6. The number of hydrogen-bond donors (Lipinski definition) is 1. The summed E-state index contributed by atoms with van der Waals surface area (Å²) >= 11 is 0. The molecule has 0 unspecified atom stereocenters. The van der Waals surface area contributed by atoms with E-state index in [0.29, 0.717) is 11.8 Å². The molecule has 1 atom stereocenters. The Kier molecular flexibility index (Phi) is 2.79. The number of hydrogen-bond acceptors (Lipinski definition) is 6. The zero-order chi connectivity index (χ0) is 12.4. The van der Waals surface area contributed by atoms with Gasteiger partial charge < -0.3 is 10.1 Å². The van der Waals surface area contributed by atoms with Crippen molar-refractivity contribution >= 4 is 5.95 Å². The van der Waals surface area contributed by atoms with Crippen LogP contribution in [0.5, 0.6) is 5.88 Å². The topological polar surface area (TPSA) is 77.8 Å². The Morgan fingerprint density at radius 3 is 3.28 bits per heavy atom. The van der Waals surface area contributed by atoms with Gasteiger partial charge in [0.25, 0.3) is 0 Å². The second kappa shape index (κ2) is 4.59. The maximum Gasteiger partial charge on any atom is 0.226 e. The van der Waals surface area contributed by atoms with Gasteiger partial charge >= 0.3 is 0 Å². The molecule has 0 saturated heterocycles. The first-order chi connectivity index (χ1) is 8.85. The van der Waals surface area contributed by atoms with Crippen molar-refractivity contribution in [3.05, 3.63) is 24.4 Å². The third-order valence-corrected chi connectivity index (χ3v) is 2.98. The van der Waals surface area contributed by atoms with Crippen LogP contribution in [0.25, 0.3) is 0 Å². The molecule has 1 aliphatic heterocycles. The van der Waals surface area contributed by atoms with Crippen LogP contribution in [-0.4, -0.2) is 37.9 Å². The van der Waals surface area contributed by atoms with Gasteiger partial charge in [-0.25, -0.2) is 14.6 Å². The molecule has 0 aromatic carbocycles. The van der Waals surface area contributed by atoms with Crippen molar-refractivity contribution in [1.29, 1.82) is 0 Å². The number of nitrogens with one attached hydrogen (secondary N) is 1. The monoisotopic (exact) mass is 246 g/mol. The second-order valence-electron chi connectivity index (χ2n) is 4.16. The van der Waals surface area contributed by atoms with Gasteiger partial charge in [-0.15, -0.1) is 0 Å². The van der Waals surface area contributed by atoms with Crippen LogP contribution < -0.4 is 10.1 Å².